The van der Waals surface area contributed by atoms with Crippen LogP contribution >= 0.6 is 0 Å². The minimum Gasteiger partial charge on any atom is -0.392 e. The summed E-state index contributed by atoms with van der Waals surface area (Å²) in [4.78, 5) is 2.52. The van der Waals surface area contributed by atoms with Gasteiger partial charge in [0.25, 0.3) is 0 Å². The van der Waals surface area contributed by atoms with E-state index in [2.05, 4.69) is 42.2 Å². The first-order valence-electron chi connectivity index (χ1n) is 12.7. The maximum Gasteiger partial charge on any atom is 0.0761 e. The van der Waals surface area contributed by atoms with Gasteiger partial charge in [-0.1, -0.05) is 60.1 Å². The number of aliphatic hydroxyl groups excluding tert-OH is 2. The van der Waals surface area contributed by atoms with Crippen molar-refractivity contribution < 1.29 is 14.9 Å². The van der Waals surface area contributed by atoms with Crippen LogP contribution in [-0.2, 0) is 11.2 Å². The Morgan fingerprint density at radius 3 is 2.84 bits per heavy atom. The summed E-state index contributed by atoms with van der Waals surface area (Å²) in [6.45, 7) is 7.24. The summed E-state index contributed by atoms with van der Waals surface area (Å²) < 4.78 is 5.42. The predicted molar refractivity (Wildman–Crippen MR) is 130 cm³/mol. The minimum atomic E-state index is -0.497. The third kappa shape index (κ3) is 6.54. The standard InChI is InChI=1S/C28H41NO3/c1-21-6-5-8-22(16-21)18-25(30)9-10-26-27-19-23(17-24(27)20-28(26)31)7-3-2-4-11-29-12-14-32-15-13-29/h5-6,8-10,16-17,24-28,30-31H,2-4,7,11-15,18-20H2,1H3/b10-9+/t24-,25+,26+,27-,28+/m0/s1. The molecule has 1 saturated heterocycles. The molecule has 0 amide bonds. The number of morpholine rings is 1. The van der Waals surface area contributed by atoms with E-state index in [0.29, 0.717) is 18.3 Å². The molecule has 3 aliphatic rings. The van der Waals surface area contributed by atoms with Crippen LogP contribution in [0.4, 0.5) is 0 Å². The van der Waals surface area contributed by atoms with Gasteiger partial charge in [-0.2, -0.15) is 0 Å². The lowest BCUT2D eigenvalue weighted by atomic mass is 9.88. The molecule has 1 aromatic carbocycles. The van der Waals surface area contributed by atoms with Gasteiger partial charge < -0.3 is 14.9 Å². The Morgan fingerprint density at radius 2 is 2.03 bits per heavy atom. The number of ether oxygens (including phenoxy) is 1. The molecule has 1 saturated carbocycles. The van der Waals surface area contributed by atoms with E-state index >= 15 is 0 Å². The van der Waals surface area contributed by atoms with E-state index in [4.69, 9.17) is 4.74 Å². The van der Waals surface area contributed by atoms with Crippen LogP contribution in [0.3, 0.4) is 0 Å². The maximum absolute atomic E-state index is 10.6. The highest BCUT2D eigenvalue weighted by molar-refractivity contribution is 5.24. The molecule has 4 rings (SSSR count). The van der Waals surface area contributed by atoms with Crippen LogP contribution < -0.4 is 0 Å². The van der Waals surface area contributed by atoms with Crippen LogP contribution in [0.25, 0.3) is 0 Å². The Labute approximate surface area is 194 Å². The monoisotopic (exact) mass is 439 g/mol. The van der Waals surface area contributed by atoms with Crippen molar-refractivity contribution >= 4 is 0 Å². The van der Waals surface area contributed by atoms with Crippen LogP contribution in [0.2, 0.25) is 0 Å². The highest BCUT2D eigenvalue weighted by Gasteiger charge is 2.43. The van der Waals surface area contributed by atoms with E-state index in [1.807, 2.05) is 12.1 Å². The fraction of sp³-hybridized carbons (Fsp3) is 0.643. The van der Waals surface area contributed by atoms with Gasteiger partial charge in [0.1, 0.15) is 0 Å². The number of aliphatic hydroxyl groups is 2. The number of allylic oxidation sites excluding steroid dienone is 2. The van der Waals surface area contributed by atoms with Gasteiger partial charge in [0.2, 0.25) is 0 Å². The second-order valence-corrected chi connectivity index (χ2v) is 10.1. The van der Waals surface area contributed by atoms with Crippen molar-refractivity contribution in [3.63, 3.8) is 0 Å². The van der Waals surface area contributed by atoms with Gasteiger partial charge in [0.15, 0.2) is 0 Å². The van der Waals surface area contributed by atoms with Crippen LogP contribution in [0.1, 0.15) is 49.7 Å². The maximum atomic E-state index is 10.6. The lowest BCUT2D eigenvalue weighted by molar-refractivity contribution is 0.0371. The first kappa shape index (κ1) is 23.7. The topological polar surface area (TPSA) is 52.9 Å². The lowest BCUT2D eigenvalue weighted by Gasteiger charge is -2.26. The van der Waals surface area contributed by atoms with Crippen LogP contribution in [0, 0.1) is 24.7 Å². The Bertz CT molecular complexity index is 783. The average molecular weight is 440 g/mol. The normalized spacial score (nSPS) is 29.4. The molecule has 32 heavy (non-hydrogen) atoms. The fourth-order valence-corrected chi connectivity index (χ4v) is 5.88. The summed E-state index contributed by atoms with van der Waals surface area (Å²) >= 11 is 0. The summed E-state index contributed by atoms with van der Waals surface area (Å²) in [5.41, 5.74) is 3.97. The van der Waals surface area contributed by atoms with Gasteiger partial charge in [-0.3, -0.25) is 4.90 Å². The first-order valence-corrected chi connectivity index (χ1v) is 12.7. The molecule has 0 unspecified atom stereocenters. The largest absolute Gasteiger partial charge is 0.392 e. The second kappa shape index (κ2) is 11.6. The first-order chi connectivity index (χ1) is 15.6. The van der Waals surface area contributed by atoms with E-state index in [1.54, 1.807) is 5.57 Å². The molecule has 0 radical (unpaired) electrons. The quantitative estimate of drug-likeness (QED) is 0.422. The Hall–Kier alpha value is -1.46. The van der Waals surface area contributed by atoms with Gasteiger partial charge in [0.05, 0.1) is 25.4 Å². The predicted octanol–water partition coefficient (Wildman–Crippen LogP) is 4.29. The van der Waals surface area contributed by atoms with Crippen LogP contribution in [-0.4, -0.2) is 60.2 Å². The molecule has 5 atom stereocenters. The Morgan fingerprint density at radius 1 is 1.19 bits per heavy atom. The number of unbranched alkanes of at least 4 members (excludes halogenated alkanes) is 2. The van der Waals surface area contributed by atoms with Crippen LogP contribution in [0.15, 0.2) is 48.1 Å². The van der Waals surface area contributed by atoms with Crippen molar-refractivity contribution in [3.8, 4) is 0 Å². The molecule has 1 heterocycles. The number of fused-ring (bicyclic) bond motifs is 1. The SMILES string of the molecule is Cc1cccc(C[C@H](O)/C=C/[C@@H]2[C@H]3CC(CCCCCN4CCOCC4)=C[C@H]3C[C@H]2O)c1. The number of benzene rings is 1. The Balaban J connectivity index is 1.19. The molecule has 4 nitrogen and oxygen atoms in total. The zero-order valence-corrected chi connectivity index (χ0v) is 19.7. The highest BCUT2D eigenvalue weighted by Crippen LogP contribution is 2.48. The fourth-order valence-electron chi connectivity index (χ4n) is 5.88. The van der Waals surface area contributed by atoms with Crippen LogP contribution in [0.5, 0.6) is 0 Å². The van der Waals surface area contributed by atoms with E-state index in [1.165, 1.54) is 37.8 Å². The number of rotatable bonds is 10. The molecule has 0 bridgehead atoms. The number of nitrogens with zero attached hydrogens (tertiary/aromatic N) is 1. The van der Waals surface area contributed by atoms with Gasteiger partial charge in [-0.15, -0.1) is 0 Å². The van der Waals surface area contributed by atoms with Crippen molar-refractivity contribution in [3.05, 3.63) is 59.2 Å². The number of hydrogen-bond acceptors (Lipinski definition) is 4. The van der Waals surface area contributed by atoms with Gasteiger partial charge in [-0.25, -0.2) is 0 Å². The lowest BCUT2D eigenvalue weighted by Crippen LogP contribution is -2.36. The third-order valence-corrected chi connectivity index (χ3v) is 7.61. The summed E-state index contributed by atoms with van der Waals surface area (Å²) in [5, 5.41) is 21.1. The van der Waals surface area contributed by atoms with E-state index in [0.717, 1.165) is 44.7 Å². The van der Waals surface area contributed by atoms with E-state index < -0.39 is 6.10 Å². The molecule has 2 fully saturated rings. The van der Waals surface area contributed by atoms with Crippen molar-refractivity contribution in [1.82, 2.24) is 4.90 Å². The summed E-state index contributed by atoms with van der Waals surface area (Å²) in [6, 6.07) is 8.32. The number of aryl methyl sites for hydroxylation is 1. The number of hydrogen-bond donors (Lipinski definition) is 2. The summed E-state index contributed by atoms with van der Waals surface area (Å²) in [5.74, 6) is 1.19. The molecule has 1 aromatic rings. The molecule has 1 aliphatic heterocycles. The molecule has 0 spiro atoms. The average Bonchev–Trinajstić information content (AvgIpc) is 3.29. The molecule has 2 aliphatic carbocycles. The molecular formula is C28H41NO3. The van der Waals surface area contributed by atoms with Crippen molar-refractivity contribution in [2.24, 2.45) is 17.8 Å². The molecule has 4 heteroatoms. The highest BCUT2D eigenvalue weighted by atomic mass is 16.5. The molecule has 176 valence electrons. The Kier molecular flexibility index (Phi) is 8.59. The third-order valence-electron chi connectivity index (χ3n) is 7.61. The molecule has 0 aromatic heterocycles. The zero-order valence-electron chi connectivity index (χ0n) is 19.7. The molecule has 2 N–H and O–H groups in total. The van der Waals surface area contributed by atoms with E-state index in [9.17, 15) is 10.2 Å². The molecular weight excluding hydrogens is 398 g/mol. The zero-order chi connectivity index (χ0) is 22.3. The second-order valence-electron chi connectivity index (χ2n) is 10.1. The van der Waals surface area contributed by atoms with Crippen molar-refractivity contribution in [1.29, 1.82) is 0 Å². The summed E-state index contributed by atoms with van der Waals surface area (Å²) in [6.07, 6.45) is 13.4. The smallest absolute Gasteiger partial charge is 0.0761 e. The summed E-state index contributed by atoms with van der Waals surface area (Å²) in [7, 11) is 0. The van der Waals surface area contributed by atoms with E-state index in [-0.39, 0.29) is 12.0 Å². The van der Waals surface area contributed by atoms with Gasteiger partial charge in [0, 0.05) is 25.4 Å². The van der Waals surface area contributed by atoms with Gasteiger partial charge >= 0.3 is 0 Å². The van der Waals surface area contributed by atoms with Crippen molar-refractivity contribution in [2.45, 2.75) is 64.1 Å². The minimum absolute atomic E-state index is 0.169. The van der Waals surface area contributed by atoms with Crippen molar-refractivity contribution in [2.75, 3.05) is 32.8 Å². The van der Waals surface area contributed by atoms with Gasteiger partial charge in [-0.05, 0) is 63.0 Å².